The number of likely N-dealkylation sites (tertiary alicyclic amines) is 1. The predicted molar refractivity (Wildman–Crippen MR) is 150 cm³/mol. The van der Waals surface area contributed by atoms with Gasteiger partial charge >= 0.3 is 0 Å². The number of alkyl halides is 4. The first kappa shape index (κ1) is 33.0. The minimum atomic E-state index is -2.44. The van der Waals surface area contributed by atoms with Crippen LogP contribution in [-0.2, 0) is 0 Å². The summed E-state index contributed by atoms with van der Waals surface area (Å²) in [7, 11) is 0. The molecule has 1 aliphatic rings. The van der Waals surface area contributed by atoms with E-state index in [0.29, 0.717) is 6.42 Å². The molecule has 0 spiro atoms. The molecule has 10 heteroatoms. The van der Waals surface area contributed by atoms with Gasteiger partial charge in [0.25, 0.3) is 5.92 Å². The Morgan fingerprint density at radius 2 is 1.84 bits per heavy atom. The number of anilines is 1. The molecule has 3 rings (SSSR count). The summed E-state index contributed by atoms with van der Waals surface area (Å²) in [5.41, 5.74) is 11.4. The van der Waals surface area contributed by atoms with E-state index in [1.807, 2.05) is 70.9 Å². The van der Waals surface area contributed by atoms with Gasteiger partial charge in [0.15, 0.2) is 0 Å². The minimum absolute atomic E-state index is 0.0278. The maximum Gasteiger partial charge on any atom is 0.260 e. The maximum atomic E-state index is 12.8. The SMILES string of the molecule is C=C(/C=C\C(N=C(C)C)=C(C)C)c1ccn2nc(N)ncc12.CC(C)N1CCCC(F)(F)C1.CCC(F)F. The van der Waals surface area contributed by atoms with Crippen LogP contribution in [0.1, 0.15) is 73.3 Å². The van der Waals surface area contributed by atoms with Crippen LogP contribution in [0.4, 0.5) is 23.5 Å². The van der Waals surface area contributed by atoms with Gasteiger partial charge in [-0.05, 0) is 72.2 Å². The number of nitrogen functional groups attached to an aromatic ring is 1. The van der Waals surface area contributed by atoms with Crippen molar-refractivity contribution in [2.24, 2.45) is 4.99 Å². The van der Waals surface area contributed by atoms with Crippen LogP contribution in [0.2, 0.25) is 0 Å². The summed E-state index contributed by atoms with van der Waals surface area (Å²) in [5.74, 6) is -2.20. The van der Waals surface area contributed by atoms with Crippen LogP contribution in [-0.4, -0.2) is 56.7 Å². The van der Waals surface area contributed by atoms with Crippen molar-refractivity contribution < 1.29 is 17.6 Å². The summed E-state index contributed by atoms with van der Waals surface area (Å²) in [6.07, 6.45) is 6.04. The van der Waals surface area contributed by atoms with Gasteiger partial charge in [-0.25, -0.2) is 27.1 Å². The quantitative estimate of drug-likeness (QED) is 0.236. The normalized spacial score (nSPS) is 15.1. The van der Waals surface area contributed by atoms with Crippen molar-refractivity contribution >= 4 is 22.7 Å². The highest BCUT2D eigenvalue weighted by molar-refractivity contribution is 5.83. The summed E-state index contributed by atoms with van der Waals surface area (Å²) in [5, 5.41) is 4.13. The van der Waals surface area contributed by atoms with E-state index in [4.69, 9.17) is 5.73 Å². The number of rotatable bonds is 6. The lowest BCUT2D eigenvalue weighted by atomic mass is 10.1. The summed E-state index contributed by atoms with van der Waals surface area (Å²) >= 11 is 0. The smallest absolute Gasteiger partial charge is 0.260 e. The predicted octanol–water partition coefficient (Wildman–Crippen LogP) is 7.44. The molecule has 0 radical (unpaired) electrons. The van der Waals surface area contributed by atoms with Crippen LogP contribution in [0, 0.1) is 0 Å². The van der Waals surface area contributed by atoms with E-state index >= 15 is 0 Å². The van der Waals surface area contributed by atoms with Gasteiger partial charge in [-0.3, -0.25) is 9.89 Å². The largest absolute Gasteiger partial charge is 0.367 e. The molecule has 0 aromatic carbocycles. The lowest BCUT2D eigenvalue weighted by molar-refractivity contribution is -0.0715. The number of aliphatic imine (C=N–C) groups is 1. The van der Waals surface area contributed by atoms with Crippen molar-refractivity contribution in [3.05, 3.63) is 54.0 Å². The zero-order valence-electron chi connectivity index (χ0n) is 23.6. The van der Waals surface area contributed by atoms with Crippen LogP contribution in [0.15, 0.2) is 53.5 Å². The second-order valence-electron chi connectivity index (χ2n) is 9.80. The highest BCUT2D eigenvalue weighted by atomic mass is 19.3. The second-order valence-corrected chi connectivity index (χ2v) is 9.80. The number of fused-ring (bicyclic) bond motifs is 1. The summed E-state index contributed by atoms with van der Waals surface area (Å²) in [6, 6.07) is 2.20. The lowest BCUT2D eigenvalue weighted by Gasteiger charge is -2.34. The molecular weight excluding hydrogens is 496 g/mol. The van der Waals surface area contributed by atoms with Crippen LogP contribution in [0.5, 0.6) is 0 Å². The average molecular weight is 539 g/mol. The Morgan fingerprint density at radius 1 is 1.21 bits per heavy atom. The van der Waals surface area contributed by atoms with E-state index in [2.05, 4.69) is 21.7 Å². The molecule has 0 saturated carbocycles. The number of nitrogens with zero attached hydrogens (tertiary/aromatic N) is 5. The van der Waals surface area contributed by atoms with Gasteiger partial charge in [0.1, 0.15) is 0 Å². The third-order valence-electron chi connectivity index (χ3n) is 5.54. The zero-order chi connectivity index (χ0) is 29.0. The first-order valence-electron chi connectivity index (χ1n) is 12.7. The Bertz CT molecular complexity index is 1120. The molecule has 3 heterocycles. The molecule has 0 unspecified atom stereocenters. The Balaban J connectivity index is 0.000000374. The third-order valence-corrected chi connectivity index (χ3v) is 5.54. The average Bonchev–Trinajstić information content (AvgIpc) is 3.24. The van der Waals surface area contributed by atoms with Crippen molar-refractivity contribution in [1.82, 2.24) is 19.5 Å². The first-order valence-corrected chi connectivity index (χ1v) is 12.7. The summed E-state index contributed by atoms with van der Waals surface area (Å²) in [4.78, 5) is 10.4. The molecule has 0 amide bonds. The fraction of sp³-hybridized carbons (Fsp3) is 0.536. The zero-order valence-corrected chi connectivity index (χ0v) is 23.6. The van der Waals surface area contributed by atoms with Crippen molar-refractivity contribution in [1.29, 1.82) is 0 Å². The van der Waals surface area contributed by atoms with Gasteiger partial charge in [-0.15, -0.1) is 5.10 Å². The highest BCUT2D eigenvalue weighted by Crippen LogP contribution is 2.27. The van der Waals surface area contributed by atoms with Crippen LogP contribution >= 0.6 is 0 Å². The molecule has 38 heavy (non-hydrogen) atoms. The number of allylic oxidation sites excluding steroid dienone is 4. The van der Waals surface area contributed by atoms with Gasteiger partial charge in [-0.2, -0.15) is 0 Å². The first-order chi connectivity index (χ1) is 17.7. The molecule has 0 atom stereocenters. The summed E-state index contributed by atoms with van der Waals surface area (Å²) < 4.78 is 48.8. The van der Waals surface area contributed by atoms with Gasteiger partial charge in [-0.1, -0.05) is 25.2 Å². The topological polar surface area (TPSA) is 71.8 Å². The van der Waals surface area contributed by atoms with Crippen molar-refractivity contribution in [2.75, 3.05) is 18.8 Å². The molecule has 2 aromatic rings. The van der Waals surface area contributed by atoms with E-state index in [1.165, 1.54) is 6.92 Å². The van der Waals surface area contributed by atoms with E-state index in [1.54, 1.807) is 10.7 Å². The van der Waals surface area contributed by atoms with E-state index in [0.717, 1.165) is 40.2 Å². The fourth-order valence-electron chi connectivity index (χ4n) is 3.45. The molecule has 1 fully saturated rings. The van der Waals surface area contributed by atoms with Gasteiger partial charge in [0, 0.05) is 36.4 Å². The second kappa shape index (κ2) is 15.4. The molecule has 1 saturated heterocycles. The van der Waals surface area contributed by atoms with Crippen LogP contribution in [0.3, 0.4) is 0 Å². The van der Waals surface area contributed by atoms with Crippen molar-refractivity contribution in [2.45, 2.75) is 86.1 Å². The standard InChI is InChI=1S/C17H21N5.C8H15F2N.C3H6F2/c1-11(2)15(20-12(3)4)7-6-13(5)14-8-9-22-16(14)10-19-17(18)21-22;1-7(2)11-5-3-4-8(9,10)6-11;1-2-3(4)5/h6-10H,5H2,1-4H3,(H2,18,21);7H,3-6H2,1-2H3;3H,2H2,1H3/b7-6-;;. The van der Waals surface area contributed by atoms with E-state index < -0.39 is 12.3 Å². The van der Waals surface area contributed by atoms with E-state index in [9.17, 15) is 17.6 Å². The Morgan fingerprint density at radius 3 is 2.32 bits per heavy atom. The Kier molecular flexibility index (Phi) is 13.4. The fourth-order valence-corrected chi connectivity index (χ4v) is 3.45. The van der Waals surface area contributed by atoms with Crippen LogP contribution < -0.4 is 5.73 Å². The molecule has 0 aliphatic carbocycles. The molecule has 1 aliphatic heterocycles. The number of halogens is 4. The molecule has 212 valence electrons. The maximum absolute atomic E-state index is 12.8. The van der Waals surface area contributed by atoms with Crippen molar-refractivity contribution in [3.8, 4) is 0 Å². The van der Waals surface area contributed by atoms with Gasteiger partial charge in [0.05, 0.1) is 24.0 Å². The van der Waals surface area contributed by atoms with Gasteiger partial charge < -0.3 is 5.73 Å². The summed E-state index contributed by atoms with van der Waals surface area (Å²) in [6.45, 7) is 18.3. The third kappa shape index (κ3) is 11.6. The Labute approximate surface area is 224 Å². The molecule has 6 nitrogen and oxygen atoms in total. The molecular formula is C28H42F4N6. The number of hydrogen-bond acceptors (Lipinski definition) is 5. The van der Waals surface area contributed by atoms with Crippen molar-refractivity contribution in [3.63, 3.8) is 0 Å². The van der Waals surface area contributed by atoms with Gasteiger partial charge in [0.2, 0.25) is 12.4 Å². The lowest BCUT2D eigenvalue weighted by Crippen LogP contribution is -2.45. The van der Waals surface area contributed by atoms with Crippen LogP contribution in [0.25, 0.3) is 11.1 Å². The number of aromatic nitrogens is 3. The number of nitrogens with two attached hydrogens (primary N) is 1. The van der Waals surface area contributed by atoms with E-state index in [-0.39, 0.29) is 31.4 Å². The minimum Gasteiger partial charge on any atom is -0.367 e. The monoisotopic (exact) mass is 538 g/mol. The Hall–Kier alpha value is -3.01. The molecule has 2 aromatic heterocycles. The molecule has 2 N–H and O–H groups in total. The highest BCUT2D eigenvalue weighted by Gasteiger charge is 2.35. The number of piperidine rings is 1. The number of hydrogen-bond donors (Lipinski definition) is 1. The molecule has 0 bridgehead atoms.